The zero-order valence-corrected chi connectivity index (χ0v) is 23.2. The summed E-state index contributed by atoms with van der Waals surface area (Å²) in [4.78, 5) is 35.7. The lowest BCUT2D eigenvalue weighted by Crippen LogP contribution is -2.37. The van der Waals surface area contributed by atoms with Gasteiger partial charge < -0.3 is 10.2 Å². The minimum atomic E-state index is -4.65. The number of anilines is 1. The highest BCUT2D eigenvalue weighted by atomic mass is 35.5. The lowest BCUT2D eigenvalue weighted by molar-refractivity contribution is -0.137. The molecule has 1 saturated heterocycles. The highest BCUT2D eigenvalue weighted by Crippen LogP contribution is 2.34. The third-order valence-electron chi connectivity index (χ3n) is 6.80. The van der Waals surface area contributed by atoms with Crippen molar-refractivity contribution in [1.82, 2.24) is 19.8 Å². The fourth-order valence-electron chi connectivity index (χ4n) is 4.88. The number of carbonyl (C=O) groups is 1. The molecule has 0 bridgehead atoms. The van der Waals surface area contributed by atoms with Crippen molar-refractivity contribution < 1.29 is 18.0 Å². The van der Waals surface area contributed by atoms with E-state index in [9.17, 15) is 22.8 Å². The minimum Gasteiger partial charge on any atom is -0.370 e. The summed E-state index contributed by atoms with van der Waals surface area (Å²) in [6, 6.07) is 8.61. The largest absolute Gasteiger partial charge is 0.416 e. The van der Waals surface area contributed by atoms with Gasteiger partial charge in [-0.2, -0.15) is 13.2 Å². The van der Waals surface area contributed by atoms with Crippen molar-refractivity contribution in [3.05, 3.63) is 57.3 Å². The molecule has 0 spiro atoms. The van der Waals surface area contributed by atoms with E-state index in [0.29, 0.717) is 11.6 Å². The summed E-state index contributed by atoms with van der Waals surface area (Å²) in [5, 5.41) is 2.87. The normalized spacial score (nSPS) is 15.3. The lowest BCUT2D eigenvalue weighted by Gasteiger charge is -2.26. The van der Waals surface area contributed by atoms with Crippen LogP contribution in [-0.2, 0) is 17.5 Å². The van der Waals surface area contributed by atoms with Crippen LogP contribution in [0.15, 0.2) is 41.2 Å². The second-order valence-electron chi connectivity index (χ2n) is 10.4. The summed E-state index contributed by atoms with van der Waals surface area (Å²) in [5.41, 5.74) is -0.296. The van der Waals surface area contributed by atoms with E-state index in [1.54, 1.807) is 26.0 Å². The molecule has 39 heavy (non-hydrogen) atoms. The van der Waals surface area contributed by atoms with Crippen LogP contribution in [0.5, 0.6) is 0 Å². The highest BCUT2D eigenvalue weighted by Gasteiger charge is 2.32. The molecule has 11 heteroatoms. The number of nitrogens with one attached hydrogen (secondary N) is 1. The Kier molecular flexibility index (Phi) is 8.56. The van der Waals surface area contributed by atoms with Gasteiger partial charge in [0, 0.05) is 54.5 Å². The van der Waals surface area contributed by atoms with Crippen LogP contribution in [-0.4, -0.2) is 58.6 Å². The average molecular weight is 564 g/mol. The number of aromatic nitrogens is 2. The Morgan fingerprint density at radius 2 is 1.79 bits per heavy atom. The summed E-state index contributed by atoms with van der Waals surface area (Å²) in [6.07, 6.45) is -3.67. The maximum absolute atomic E-state index is 13.8. The molecule has 1 N–H and O–H groups in total. The first-order valence-electron chi connectivity index (χ1n) is 13.0. The molecule has 7 nitrogen and oxygen atoms in total. The summed E-state index contributed by atoms with van der Waals surface area (Å²) in [7, 11) is 0. The van der Waals surface area contributed by atoms with Gasteiger partial charge in [-0.3, -0.25) is 19.1 Å². The van der Waals surface area contributed by atoms with Gasteiger partial charge in [-0.05, 0) is 70.5 Å². The smallest absolute Gasteiger partial charge is 0.370 e. The van der Waals surface area contributed by atoms with Crippen molar-refractivity contribution in [2.45, 2.75) is 58.9 Å². The molecule has 0 aliphatic carbocycles. The molecule has 1 aromatic heterocycles. The van der Waals surface area contributed by atoms with Gasteiger partial charge in [0.2, 0.25) is 5.91 Å². The Morgan fingerprint density at radius 1 is 1.05 bits per heavy atom. The first-order chi connectivity index (χ1) is 18.3. The number of alkyl halides is 3. The van der Waals surface area contributed by atoms with E-state index in [4.69, 9.17) is 11.6 Å². The topological polar surface area (TPSA) is 70.5 Å². The van der Waals surface area contributed by atoms with Gasteiger partial charge in [0.15, 0.2) is 0 Å². The highest BCUT2D eigenvalue weighted by molar-refractivity contribution is 6.31. The number of carbonyl (C=O) groups excluding carboxylic acids is 1. The number of amides is 1. The fraction of sp³-hybridized carbons (Fsp3) is 0.464. The zero-order chi connectivity index (χ0) is 28.5. The molecule has 0 unspecified atom stereocenters. The molecule has 2 heterocycles. The molecule has 0 atom stereocenters. The van der Waals surface area contributed by atoms with Crippen LogP contribution in [0.2, 0.25) is 5.02 Å². The molecule has 4 rings (SSSR count). The summed E-state index contributed by atoms with van der Waals surface area (Å²) in [6.45, 7) is 11.0. The molecule has 3 aromatic rings. The van der Waals surface area contributed by atoms with E-state index < -0.39 is 29.8 Å². The first kappa shape index (κ1) is 28.9. The SMILES string of the molecule is CC(C)NC(=O)Cn1c(-c2cc(Cl)cc(C(F)(F)F)c2)nc2ccc(N3CCCN(C(C)C)CC3)cc2c1=O. The van der Waals surface area contributed by atoms with Crippen LogP contribution >= 0.6 is 11.6 Å². The van der Waals surface area contributed by atoms with Crippen LogP contribution in [0.25, 0.3) is 22.3 Å². The molecular formula is C28H33ClF3N5O2. The molecule has 2 aromatic carbocycles. The van der Waals surface area contributed by atoms with Crippen molar-refractivity contribution in [2.24, 2.45) is 0 Å². The minimum absolute atomic E-state index is 0.00320. The Labute approximate surface area is 230 Å². The predicted octanol–water partition coefficient (Wildman–Crippen LogP) is 5.18. The van der Waals surface area contributed by atoms with E-state index in [2.05, 4.69) is 33.9 Å². The van der Waals surface area contributed by atoms with Crippen LogP contribution in [0.4, 0.5) is 18.9 Å². The van der Waals surface area contributed by atoms with E-state index in [1.165, 1.54) is 6.07 Å². The summed E-state index contributed by atoms with van der Waals surface area (Å²) in [5.74, 6) is -0.514. The van der Waals surface area contributed by atoms with Gasteiger partial charge in [0.1, 0.15) is 12.4 Å². The number of fused-ring (bicyclic) bond motifs is 1. The molecule has 1 amide bonds. The van der Waals surface area contributed by atoms with Gasteiger partial charge in [-0.1, -0.05) is 11.6 Å². The zero-order valence-electron chi connectivity index (χ0n) is 22.5. The number of hydrogen-bond acceptors (Lipinski definition) is 5. The second kappa shape index (κ2) is 11.6. The standard InChI is InChI=1S/C28H33ClF3N5O2/c1-17(2)33-25(38)16-37-26(19-12-20(28(30,31)32)14-21(29)13-19)34-24-7-6-22(15-23(24)27(37)39)36-9-5-8-35(10-11-36)18(3)4/h6-7,12-15,17-18H,5,8-11,16H2,1-4H3,(H,33,38). The van der Waals surface area contributed by atoms with Crippen molar-refractivity contribution in [3.8, 4) is 11.4 Å². The summed E-state index contributed by atoms with van der Waals surface area (Å²) >= 11 is 6.04. The number of nitrogens with zero attached hydrogens (tertiary/aromatic N) is 4. The van der Waals surface area contributed by atoms with Crippen molar-refractivity contribution >= 4 is 34.1 Å². The van der Waals surface area contributed by atoms with E-state index in [1.807, 2.05) is 6.07 Å². The number of halogens is 4. The Morgan fingerprint density at radius 3 is 2.46 bits per heavy atom. The van der Waals surface area contributed by atoms with Crippen LogP contribution in [0, 0.1) is 0 Å². The van der Waals surface area contributed by atoms with Crippen molar-refractivity contribution in [1.29, 1.82) is 0 Å². The van der Waals surface area contributed by atoms with Gasteiger partial charge in [0.25, 0.3) is 5.56 Å². The van der Waals surface area contributed by atoms with Gasteiger partial charge in [0.05, 0.1) is 16.5 Å². The van der Waals surface area contributed by atoms with E-state index >= 15 is 0 Å². The molecule has 210 valence electrons. The lowest BCUT2D eigenvalue weighted by atomic mass is 10.1. The molecule has 1 fully saturated rings. The molecule has 1 aliphatic heterocycles. The Hall–Kier alpha value is -3.11. The number of rotatable bonds is 6. The van der Waals surface area contributed by atoms with Crippen LogP contribution in [0.3, 0.4) is 0 Å². The second-order valence-corrected chi connectivity index (χ2v) is 10.9. The number of hydrogen-bond donors (Lipinski definition) is 1. The average Bonchev–Trinajstić information content (AvgIpc) is 3.11. The van der Waals surface area contributed by atoms with Crippen molar-refractivity contribution in [3.63, 3.8) is 0 Å². The van der Waals surface area contributed by atoms with E-state index in [0.717, 1.165) is 55.0 Å². The molecule has 0 saturated carbocycles. The van der Waals surface area contributed by atoms with Gasteiger partial charge in [-0.25, -0.2) is 4.98 Å². The molecule has 0 radical (unpaired) electrons. The predicted molar refractivity (Wildman–Crippen MR) is 148 cm³/mol. The van der Waals surface area contributed by atoms with Gasteiger partial charge in [-0.15, -0.1) is 0 Å². The van der Waals surface area contributed by atoms with Crippen LogP contribution < -0.4 is 15.8 Å². The molecule has 1 aliphatic rings. The third kappa shape index (κ3) is 6.73. The third-order valence-corrected chi connectivity index (χ3v) is 7.02. The summed E-state index contributed by atoms with van der Waals surface area (Å²) < 4.78 is 41.8. The Bertz CT molecular complexity index is 1420. The maximum atomic E-state index is 13.8. The first-order valence-corrected chi connectivity index (χ1v) is 13.4. The van der Waals surface area contributed by atoms with Crippen molar-refractivity contribution in [2.75, 3.05) is 31.1 Å². The Balaban J connectivity index is 1.83. The van der Waals surface area contributed by atoms with E-state index in [-0.39, 0.29) is 27.8 Å². The van der Waals surface area contributed by atoms with Crippen LogP contribution in [0.1, 0.15) is 39.7 Å². The number of benzene rings is 2. The quantitative estimate of drug-likeness (QED) is 0.447. The monoisotopic (exact) mass is 563 g/mol. The van der Waals surface area contributed by atoms with Gasteiger partial charge >= 0.3 is 6.18 Å². The fourth-order valence-corrected chi connectivity index (χ4v) is 5.11. The molecular weight excluding hydrogens is 531 g/mol. The maximum Gasteiger partial charge on any atom is 0.416 e.